The van der Waals surface area contributed by atoms with Gasteiger partial charge in [-0.25, -0.2) is 13.6 Å². The summed E-state index contributed by atoms with van der Waals surface area (Å²) in [7, 11) is -3.70. The molecule has 29 heavy (non-hydrogen) atoms. The largest absolute Gasteiger partial charge is 0.489 e. The van der Waals surface area contributed by atoms with Crippen LogP contribution in [0, 0.1) is 0 Å². The Labute approximate surface area is 174 Å². The lowest BCUT2D eigenvalue weighted by Gasteiger charge is -2.10. The number of hydrogen-bond donors (Lipinski definition) is 2. The van der Waals surface area contributed by atoms with Crippen molar-refractivity contribution in [1.29, 1.82) is 0 Å². The lowest BCUT2D eigenvalue weighted by molar-refractivity contribution is -0.116. The molecule has 0 fully saturated rings. The van der Waals surface area contributed by atoms with Gasteiger partial charge in [-0.05, 0) is 47.9 Å². The summed E-state index contributed by atoms with van der Waals surface area (Å²) in [6, 6.07) is 9.72. The van der Waals surface area contributed by atoms with E-state index in [2.05, 4.69) is 5.32 Å². The van der Waals surface area contributed by atoms with Crippen LogP contribution < -0.4 is 19.9 Å². The molecule has 0 atom stereocenters. The third-order valence-corrected chi connectivity index (χ3v) is 5.43. The van der Waals surface area contributed by atoms with Gasteiger partial charge in [0, 0.05) is 19.0 Å². The molecule has 2 aromatic carbocycles. The average Bonchev–Trinajstić information content (AvgIpc) is 2.92. The van der Waals surface area contributed by atoms with Gasteiger partial charge in [0.05, 0.1) is 23.1 Å². The molecule has 0 aliphatic carbocycles. The van der Waals surface area contributed by atoms with Gasteiger partial charge in [-0.3, -0.25) is 4.79 Å². The fraction of sp³-hybridized carbons (Fsp3) is 0.250. The average molecular weight is 437 g/mol. The van der Waals surface area contributed by atoms with Gasteiger partial charge in [0.25, 0.3) is 0 Å². The first kappa shape index (κ1) is 21.2. The minimum atomic E-state index is -3.70. The molecule has 3 N–H and O–H groups in total. The molecular weight excluding hydrogens is 416 g/mol. The number of carbonyl (C=O) groups excluding carboxylic acids is 1. The highest BCUT2D eigenvalue weighted by atomic mass is 35.5. The standard InChI is InChI=1S/C20H21ClN2O5S/c21-17-12-15(13-18-20(17)28-11-1-10-27-18)4-7-19(24)23-9-8-14-2-5-16(6-3-14)29(22,25)26/h2-7,12-13H,1,8-11H2,(H,23,24)(H2,22,25,26)/b7-4+. The topological polar surface area (TPSA) is 108 Å². The molecule has 0 aromatic heterocycles. The third-order valence-electron chi connectivity index (χ3n) is 4.22. The normalized spacial score (nSPS) is 13.9. The fourth-order valence-electron chi connectivity index (χ4n) is 2.75. The van der Waals surface area contributed by atoms with Crippen LogP contribution in [0.1, 0.15) is 17.5 Å². The summed E-state index contributed by atoms with van der Waals surface area (Å²) in [4.78, 5) is 12.1. The maximum Gasteiger partial charge on any atom is 0.244 e. The molecule has 0 saturated heterocycles. The molecule has 1 aliphatic rings. The first-order valence-corrected chi connectivity index (χ1v) is 10.9. The predicted octanol–water partition coefficient (Wildman–Crippen LogP) is 2.52. The number of ether oxygens (including phenoxy) is 2. The van der Waals surface area contributed by atoms with Crippen molar-refractivity contribution in [2.24, 2.45) is 5.14 Å². The Morgan fingerprint density at radius 1 is 1.17 bits per heavy atom. The molecule has 9 heteroatoms. The van der Waals surface area contributed by atoms with E-state index >= 15 is 0 Å². The van der Waals surface area contributed by atoms with Crippen molar-refractivity contribution in [2.45, 2.75) is 17.7 Å². The highest BCUT2D eigenvalue weighted by molar-refractivity contribution is 7.89. The molecule has 0 spiro atoms. The number of nitrogens with one attached hydrogen (secondary N) is 1. The van der Waals surface area contributed by atoms with E-state index in [1.165, 1.54) is 18.2 Å². The number of fused-ring (bicyclic) bond motifs is 1. The van der Waals surface area contributed by atoms with Gasteiger partial charge in [-0.1, -0.05) is 23.7 Å². The van der Waals surface area contributed by atoms with Crippen molar-refractivity contribution in [3.05, 3.63) is 58.6 Å². The van der Waals surface area contributed by atoms with Crippen LogP contribution in [-0.2, 0) is 21.2 Å². The Bertz CT molecular complexity index is 1020. The molecule has 0 radical (unpaired) electrons. The second-order valence-electron chi connectivity index (χ2n) is 6.44. The lowest BCUT2D eigenvalue weighted by atomic mass is 10.1. The maximum atomic E-state index is 12.0. The highest BCUT2D eigenvalue weighted by Gasteiger charge is 2.15. The molecule has 154 valence electrons. The van der Waals surface area contributed by atoms with Gasteiger partial charge in [-0.15, -0.1) is 0 Å². The SMILES string of the molecule is NS(=O)(=O)c1ccc(CCNC(=O)/C=C/c2cc(Cl)c3c(c2)OCCCO3)cc1. The Morgan fingerprint density at radius 3 is 2.62 bits per heavy atom. The quantitative estimate of drug-likeness (QED) is 0.676. The molecule has 0 saturated carbocycles. The zero-order valence-electron chi connectivity index (χ0n) is 15.6. The summed E-state index contributed by atoms with van der Waals surface area (Å²) in [5.74, 6) is 0.839. The van der Waals surface area contributed by atoms with Crippen LogP contribution in [0.3, 0.4) is 0 Å². The zero-order valence-corrected chi connectivity index (χ0v) is 17.1. The van der Waals surface area contributed by atoms with Gasteiger partial charge in [0.2, 0.25) is 15.9 Å². The van der Waals surface area contributed by atoms with E-state index in [1.807, 2.05) is 0 Å². The van der Waals surface area contributed by atoms with Gasteiger partial charge < -0.3 is 14.8 Å². The van der Waals surface area contributed by atoms with E-state index < -0.39 is 10.0 Å². The molecule has 1 amide bonds. The maximum absolute atomic E-state index is 12.0. The molecule has 0 unspecified atom stereocenters. The number of benzene rings is 2. The number of rotatable bonds is 6. The molecule has 3 rings (SSSR count). The van der Waals surface area contributed by atoms with Crippen molar-refractivity contribution < 1.29 is 22.7 Å². The van der Waals surface area contributed by atoms with Crippen LogP contribution >= 0.6 is 11.6 Å². The van der Waals surface area contributed by atoms with Crippen molar-refractivity contribution in [1.82, 2.24) is 5.32 Å². The predicted molar refractivity (Wildman–Crippen MR) is 111 cm³/mol. The summed E-state index contributed by atoms with van der Waals surface area (Å²) in [5, 5.41) is 8.28. The Kier molecular flexibility index (Phi) is 6.79. The zero-order chi connectivity index (χ0) is 20.9. The van der Waals surface area contributed by atoms with E-state index in [0.717, 1.165) is 17.5 Å². The van der Waals surface area contributed by atoms with E-state index in [1.54, 1.807) is 30.3 Å². The second kappa shape index (κ2) is 9.30. The lowest BCUT2D eigenvalue weighted by Crippen LogP contribution is -2.23. The smallest absolute Gasteiger partial charge is 0.244 e. The number of sulfonamides is 1. The van der Waals surface area contributed by atoms with E-state index in [-0.39, 0.29) is 10.8 Å². The van der Waals surface area contributed by atoms with Crippen LogP contribution in [0.15, 0.2) is 47.4 Å². The van der Waals surface area contributed by atoms with Gasteiger partial charge in [0.15, 0.2) is 11.5 Å². The summed E-state index contributed by atoms with van der Waals surface area (Å²) in [6.07, 6.45) is 4.40. The molecule has 2 aromatic rings. The summed E-state index contributed by atoms with van der Waals surface area (Å²) in [6.45, 7) is 1.50. The second-order valence-corrected chi connectivity index (χ2v) is 8.41. The number of nitrogens with two attached hydrogens (primary N) is 1. The molecule has 0 bridgehead atoms. The minimum Gasteiger partial charge on any atom is -0.489 e. The number of amides is 1. The summed E-state index contributed by atoms with van der Waals surface area (Å²) >= 11 is 6.24. The van der Waals surface area contributed by atoms with Crippen LogP contribution in [-0.4, -0.2) is 34.1 Å². The van der Waals surface area contributed by atoms with Crippen LogP contribution in [0.2, 0.25) is 5.02 Å². The molecule has 1 aliphatic heterocycles. The number of halogens is 1. The molecular formula is C20H21ClN2O5S. The van der Waals surface area contributed by atoms with Crippen LogP contribution in [0.25, 0.3) is 6.08 Å². The van der Waals surface area contributed by atoms with E-state index in [4.69, 9.17) is 26.2 Å². The van der Waals surface area contributed by atoms with Crippen molar-refractivity contribution >= 4 is 33.6 Å². The monoisotopic (exact) mass is 436 g/mol. The number of primary sulfonamides is 1. The minimum absolute atomic E-state index is 0.0574. The summed E-state index contributed by atoms with van der Waals surface area (Å²) < 4.78 is 33.7. The first-order chi connectivity index (χ1) is 13.8. The fourth-order valence-corrected chi connectivity index (χ4v) is 3.54. The molecule has 7 nitrogen and oxygen atoms in total. The summed E-state index contributed by atoms with van der Waals surface area (Å²) in [5.41, 5.74) is 1.62. The van der Waals surface area contributed by atoms with E-state index in [9.17, 15) is 13.2 Å². The number of hydrogen-bond acceptors (Lipinski definition) is 5. The van der Waals surface area contributed by atoms with Crippen molar-refractivity contribution in [2.75, 3.05) is 19.8 Å². The Hall–Kier alpha value is -2.55. The van der Waals surface area contributed by atoms with Crippen LogP contribution in [0.5, 0.6) is 11.5 Å². The van der Waals surface area contributed by atoms with Crippen molar-refractivity contribution in [3.8, 4) is 11.5 Å². The third kappa shape index (κ3) is 5.96. The Morgan fingerprint density at radius 2 is 1.90 bits per heavy atom. The number of carbonyl (C=O) groups is 1. The molecule has 1 heterocycles. The Balaban J connectivity index is 1.54. The highest BCUT2D eigenvalue weighted by Crippen LogP contribution is 2.38. The van der Waals surface area contributed by atoms with Crippen molar-refractivity contribution in [3.63, 3.8) is 0 Å². The van der Waals surface area contributed by atoms with Gasteiger partial charge >= 0.3 is 0 Å². The van der Waals surface area contributed by atoms with E-state index in [0.29, 0.717) is 42.7 Å². The first-order valence-electron chi connectivity index (χ1n) is 9.00. The van der Waals surface area contributed by atoms with Crippen LogP contribution in [0.4, 0.5) is 0 Å². The van der Waals surface area contributed by atoms with Gasteiger partial charge in [0.1, 0.15) is 0 Å². The van der Waals surface area contributed by atoms with Gasteiger partial charge in [-0.2, -0.15) is 0 Å².